The van der Waals surface area contributed by atoms with E-state index in [2.05, 4.69) is 10.3 Å². The molecule has 0 atom stereocenters. The molecule has 0 saturated heterocycles. The Bertz CT molecular complexity index is 782. The number of carbonyl (C=O) groups is 1. The number of primary sulfonamides is 1. The van der Waals surface area contributed by atoms with Crippen LogP contribution in [0.5, 0.6) is 5.75 Å². The second-order valence-electron chi connectivity index (χ2n) is 4.29. The second-order valence-corrected chi connectivity index (χ2v) is 5.85. The maximum absolute atomic E-state index is 12.0. The Morgan fingerprint density at radius 1 is 1.43 bits per heavy atom. The van der Waals surface area contributed by atoms with Crippen molar-refractivity contribution in [2.24, 2.45) is 12.2 Å². The lowest BCUT2D eigenvalue weighted by Gasteiger charge is -2.10. The lowest BCUT2D eigenvalue weighted by atomic mass is 10.3. The van der Waals surface area contributed by atoms with Crippen LogP contribution in [0.25, 0.3) is 0 Å². The topological polar surface area (TPSA) is 116 Å². The summed E-state index contributed by atoms with van der Waals surface area (Å²) in [4.78, 5) is 15.8. The van der Waals surface area contributed by atoms with Gasteiger partial charge < -0.3 is 14.6 Å². The lowest BCUT2D eigenvalue weighted by Crippen LogP contribution is -2.15. The first kappa shape index (κ1) is 15.0. The molecular formula is C12H14N4O4S. The average molecular weight is 310 g/mol. The van der Waals surface area contributed by atoms with Gasteiger partial charge in [0.05, 0.1) is 24.0 Å². The number of carbonyl (C=O) groups excluding carboxylic acids is 1. The summed E-state index contributed by atoms with van der Waals surface area (Å²) in [6, 6.07) is 3.94. The molecule has 0 saturated carbocycles. The molecule has 2 aromatic rings. The van der Waals surface area contributed by atoms with E-state index in [1.54, 1.807) is 11.6 Å². The number of anilines is 1. The van der Waals surface area contributed by atoms with Crippen molar-refractivity contribution < 1.29 is 17.9 Å². The molecule has 0 radical (unpaired) electrons. The molecule has 0 aliphatic rings. The molecule has 0 bridgehead atoms. The highest BCUT2D eigenvalue weighted by molar-refractivity contribution is 7.89. The molecule has 0 aliphatic carbocycles. The van der Waals surface area contributed by atoms with Crippen molar-refractivity contribution in [1.29, 1.82) is 0 Å². The Labute approximate surface area is 121 Å². The zero-order chi connectivity index (χ0) is 15.6. The molecule has 1 heterocycles. The van der Waals surface area contributed by atoms with E-state index >= 15 is 0 Å². The van der Waals surface area contributed by atoms with Crippen LogP contribution in [-0.2, 0) is 17.1 Å². The van der Waals surface area contributed by atoms with Crippen LogP contribution in [0.1, 0.15) is 10.5 Å². The highest BCUT2D eigenvalue weighted by Crippen LogP contribution is 2.27. The number of ether oxygens (including phenoxy) is 1. The molecule has 8 nitrogen and oxygen atoms in total. The molecule has 21 heavy (non-hydrogen) atoms. The van der Waals surface area contributed by atoms with Gasteiger partial charge in [0.2, 0.25) is 10.0 Å². The van der Waals surface area contributed by atoms with Crippen LogP contribution in [0.15, 0.2) is 35.6 Å². The number of hydrogen-bond acceptors (Lipinski definition) is 5. The average Bonchev–Trinajstić information content (AvgIpc) is 2.84. The number of aromatic nitrogens is 2. The molecule has 2 rings (SSSR count). The first-order valence-corrected chi connectivity index (χ1v) is 7.36. The van der Waals surface area contributed by atoms with Gasteiger partial charge in [-0.25, -0.2) is 18.5 Å². The summed E-state index contributed by atoms with van der Waals surface area (Å²) >= 11 is 0. The zero-order valence-corrected chi connectivity index (χ0v) is 12.2. The van der Waals surface area contributed by atoms with Crippen molar-refractivity contribution in [2.45, 2.75) is 4.90 Å². The van der Waals surface area contributed by atoms with Crippen LogP contribution in [-0.4, -0.2) is 31.0 Å². The first-order valence-electron chi connectivity index (χ1n) is 5.81. The summed E-state index contributed by atoms with van der Waals surface area (Å²) in [6.07, 6.45) is 3.01. The van der Waals surface area contributed by atoms with Crippen LogP contribution in [0.3, 0.4) is 0 Å². The third-order valence-electron chi connectivity index (χ3n) is 2.69. The Balaban J connectivity index is 2.36. The molecule has 3 N–H and O–H groups in total. The van der Waals surface area contributed by atoms with E-state index in [0.29, 0.717) is 5.75 Å². The predicted molar refractivity (Wildman–Crippen MR) is 75.5 cm³/mol. The number of aryl methyl sites for hydroxylation is 1. The molecule has 1 aromatic heterocycles. The number of methoxy groups -OCH3 is 1. The van der Waals surface area contributed by atoms with Gasteiger partial charge in [0.1, 0.15) is 11.4 Å². The van der Waals surface area contributed by atoms with E-state index in [-0.39, 0.29) is 16.3 Å². The molecule has 1 aromatic carbocycles. The fourth-order valence-electron chi connectivity index (χ4n) is 1.68. The fourth-order valence-corrected chi connectivity index (χ4v) is 2.22. The number of hydrogen-bond donors (Lipinski definition) is 2. The SMILES string of the molecule is COc1ccc(S(N)(=O)=O)cc1NC(=O)c1cn(C)cn1. The minimum absolute atomic E-state index is 0.125. The smallest absolute Gasteiger partial charge is 0.275 e. The van der Waals surface area contributed by atoms with E-state index in [1.165, 1.54) is 37.8 Å². The van der Waals surface area contributed by atoms with Gasteiger partial charge in [-0.05, 0) is 18.2 Å². The minimum Gasteiger partial charge on any atom is -0.495 e. The van der Waals surface area contributed by atoms with Crippen LogP contribution in [0.4, 0.5) is 5.69 Å². The number of nitrogens with one attached hydrogen (secondary N) is 1. The van der Waals surface area contributed by atoms with E-state index in [9.17, 15) is 13.2 Å². The number of sulfonamides is 1. The molecule has 0 aliphatic heterocycles. The highest BCUT2D eigenvalue weighted by Gasteiger charge is 2.15. The Hall–Kier alpha value is -2.39. The monoisotopic (exact) mass is 310 g/mol. The standard InChI is InChI=1S/C12H14N4O4S/c1-16-6-10(14-7-16)12(17)15-9-5-8(21(13,18)19)3-4-11(9)20-2/h3-7H,1-2H3,(H,15,17)(H2,13,18,19). The van der Waals surface area contributed by atoms with Gasteiger partial charge in [-0.3, -0.25) is 4.79 Å². The van der Waals surface area contributed by atoms with Gasteiger partial charge in [0, 0.05) is 13.2 Å². The lowest BCUT2D eigenvalue weighted by molar-refractivity contribution is 0.102. The van der Waals surface area contributed by atoms with Crippen molar-refractivity contribution in [3.8, 4) is 5.75 Å². The van der Waals surface area contributed by atoms with Crippen molar-refractivity contribution in [3.63, 3.8) is 0 Å². The van der Waals surface area contributed by atoms with Gasteiger partial charge in [0.25, 0.3) is 5.91 Å². The summed E-state index contributed by atoms with van der Waals surface area (Å²) in [6.45, 7) is 0. The summed E-state index contributed by atoms with van der Waals surface area (Å²) < 4.78 is 29.4. The minimum atomic E-state index is -3.87. The summed E-state index contributed by atoms with van der Waals surface area (Å²) in [5.74, 6) is -0.174. The molecule has 0 unspecified atom stereocenters. The number of nitrogens with zero attached hydrogens (tertiary/aromatic N) is 2. The number of benzene rings is 1. The maximum atomic E-state index is 12.0. The molecular weight excluding hydrogens is 296 g/mol. The highest BCUT2D eigenvalue weighted by atomic mass is 32.2. The number of rotatable bonds is 4. The van der Waals surface area contributed by atoms with Crippen LogP contribution < -0.4 is 15.2 Å². The fraction of sp³-hybridized carbons (Fsp3) is 0.167. The Morgan fingerprint density at radius 2 is 2.14 bits per heavy atom. The van der Waals surface area contributed by atoms with Crippen molar-refractivity contribution >= 4 is 21.6 Å². The zero-order valence-electron chi connectivity index (χ0n) is 11.4. The van der Waals surface area contributed by atoms with Gasteiger partial charge in [-0.2, -0.15) is 0 Å². The van der Waals surface area contributed by atoms with E-state index in [4.69, 9.17) is 9.88 Å². The normalized spacial score (nSPS) is 11.2. The second kappa shape index (κ2) is 5.54. The van der Waals surface area contributed by atoms with Gasteiger partial charge >= 0.3 is 0 Å². The van der Waals surface area contributed by atoms with Gasteiger partial charge in [-0.1, -0.05) is 0 Å². The van der Waals surface area contributed by atoms with Gasteiger partial charge in [0.15, 0.2) is 0 Å². The van der Waals surface area contributed by atoms with E-state index in [1.807, 2.05) is 0 Å². The summed E-state index contributed by atoms with van der Waals surface area (Å²) in [7, 11) is -0.740. The van der Waals surface area contributed by atoms with Crippen LogP contribution in [0.2, 0.25) is 0 Å². The third kappa shape index (κ3) is 3.38. The molecule has 1 amide bonds. The number of amides is 1. The van der Waals surface area contributed by atoms with Gasteiger partial charge in [-0.15, -0.1) is 0 Å². The Kier molecular flexibility index (Phi) is 3.96. The van der Waals surface area contributed by atoms with E-state index in [0.717, 1.165) is 0 Å². The molecule has 0 spiro atoms. The van der Waals surface area contributed by atoms with E-state index < -0.39 is 15.9 Å². The van der Waals surface area contributed by atoms with Crippen molar-refractivity contribution in [1.82, 2.24) is 9.55 Å². The summed E-state index contributed by atoms with van der Waals surface area (Å²) in [5.41, 5.74) is 0.389. The maximum Gasteiger partial charge on any atom is 0.275 e. The Morgan fingerprint density at radius 3 is 2.67 bits per heavy atom. The quantitative estimate of drug-likeness (QED) is 0.844. The largest absolute Gasteiger partial charge is 0.495 e. The van der Waals surface area contributed by atoms with Crippen molar-refractivity contribution in [3.05, 3.63) is 36.4 Å². The first-order chi connectivity index (χ1) is 9.81. The molecule has 9 heteroatoms. The third-order valence-corrected chi connectivity index (χ3v) is 3.60. The molecule has 112 valence electrons. The van der Waals surface area contributed by atoms with Crippen LogP contribution in [0, 0.1) is 0 Å². The summed E-state index contributed by atoms with van der Waals surface area (Å²) in [5, 5.41) is 7.61. The van der Waals surface area contributed by atoms with Crippen LogP contribution >= 0.6 is 0 Å². The predicted octanol–water partition coefficient (Wildman–Crippen LogP) is 0.328. The van der Waals surface area contributed by atoms with Crippen molar-refractivity contribution in [2.75, 3.05) is 12.4 Å². The molecule has 0 fully saturated rings. The number of nitrogens with two attached hydrogens (primary N) is 1. The number of imidazole rings is 1.